The Morgan fingerprint density at radius 3 is 2.73 bits per heavy atom. The second kappa shape index (κ2) is 3.82. The smallest absolute Gasteiger partial charge is 0.138 e. The molecule has 0 amide bonds. The van der Waals surface area contributed by atoms with Crippen LogP contribution >= 0.6 is 0 Å². The van der Waals surface area contributed by atoms with Gasteiger partial charge in [-0.15, -0.1) is 0 Å². The standard InChI is InChI=1S/C9H14N6/c1-14-5-7(4-12-14)8(10)3-9-11-6-13-15(9)2/h4-6,8H,3,10H2,1-2H3. The molecule has 0 aromatic carbocycles. The molecule has 0 bridgehead atoms. The Hall–Kier alpha value is -1.69. The van der Waals surface area contributed by atoms with Crippen molar-refractivity contribution in [1.82, 2.24) is 24.5 Å². The fourth-order valence-corrected chi connectivity index (χ4v) is 1.45. The average Bonchev–Trinajstić information content (AvgIpc) is 2.77. The van der Waals surface area contributed by atoms with Gasteiger partial charge in [-0.2, -0.15) is 10.2 Å². The number of nitrogens with zero attached hydrogens (tertiary/aromatic N) is 5. The van der Waals surface area contributed by atoms with Crippen molar-refractivity contribution >= 4 is 0 Å². The van der Waals surface area contributed by atoms with Crippen LogP contribution in [0.5, 0.6) is 0 Å². The van der Waals surface area contributed by atoms with Crippen LogP contribution in [0.15, 0.2) is 18.7 Å². The van der Waals surface area contributed by atoms with Gasteiger partial charge in [0.2, 0.25) is 0 Å². The number of aromatic nitrogens is 5. The summed E-state index contributed by atoms with van der Waals surface area (Å²) in [6, 6.07) is -0.0819. The molecule has 1 atom stereocenters. The van der Waals surface area contributed by atoms with Gasteiger partial charge in [0.25, 0.3) is 0 Å². The first-order valence-corrected chi connectivity index (χ1v) is 4.74. The Labute approximate surface area is 87.7 Å². The largest absolute Gasteiger partial charge is 0.323 e. The maximum atomic E-state index is 6.03. The van der Waals surface area contributed by atoms with Gasteiger partial charge in [0.1, 0.15) is 12.2 Å². The maximum Gasteiger partial charge on any atom is 0.138 e. The molecule has 2 N–H and O–H groups in total. The van der Waals surface area contributed by atoms with Crippen molar-refractivity contribution < 1.29 is 0 Å². The minimum Gasteiger partial charge on any atom is -0.323 e. The molecule has 2 aromatic rings. The van der Waals surface area contributed by atoms with E-state index in [1.165, 1.54) is 6.33 Å². The first-order valence-electron chi connectivity index (χ1n) is 4.74. The summed E-state index contributed by atoms with van der Waals surface area (Å²) in [7, 11) is 3.73. The summed E-state index contributed by atoms with van der Waals surface area (Å²) in [5.41, 5.74) is 7.05. The van der Waals surface area contributed by atoms with E-state index in [0.29, 0.717) is 6.42 Å². The SMILES string of the molecule is Cn1cc(C(N)Cc2ncnn2C)cn1. The Kier molecular flexibility index (Phi) is 2.51. The zero-order valence-electron chi connectivity index (χ0n) is 8.83. The molecule has 15 heavy (non-hydrogen) atoms. The van der Waals surface area contributed by atoms with Crippen LogP contribution in [-0.4, -0.2) is 24.5 Å². The number of rotatable bonds is 3. The van der Waals surface area contributed by atoms with Crippen LogP contribution in [-0.2, 0) is 20.5 Å². The van der Waals surface area contributed by atoms with E-state index < -0.39 is 0 Å². The molecular formula is C9H14N6. The molecule has 80 valence electrons. The van der Waals surface area contributed by atoms with Crippen LogP contribution in [0.25, 0.3) is 0 Å². The van der Waals surface area contributed by atoms with Crippen LogP contribution in [0, 0.1) is 0 Å². The molecule has 0 radical (unpaired) electrons. The second-order valence-corrected chi connectivity index (χ2v) is 3.56. The minimum absolute atomic E-state index is 0.0819. The van der Waals surface area contributed by atoms with Crippen molar-refractivity contribution in [2.45, 2.75) is 12.5 Å². The summed E-state index contributed by atoms with van der Waals surface area (Å²) >= 11 is 0. The minimum atomic E-state index is -0.0819. The molecule has 0 aliphatic rings. The third-order valence-electron chi connectivity index (χ3n) is 2.36. The van der Waals surface area contributed by atoms with E-state index in [1.54, 1.807) is 15.6 Å². The highest BCUT2D eigenvalue weighted by atomic mass is 15.3. The lowest BCUT2D eigenvalue weighted by atomic mass is 10.1. The van der Waals surface area contributed by atoms with E-state index in [-0.39, 0.29) is 6.04 Å². The fraction of sp³-hybridized carbons (Fsp3) is 0.444. The Bertz CT molecular complexity index is 443. The molecule has 0 aliphatic carbocycles. The summed E-state index contributed by atoms with van der Waals surface area (Å²) in [5, 5.41) is 8.08. The monoisotopic (exact) mass is 206 g/mol. The highest BCUT2D eigenvalue weighted by Gasteiger charge is 2.11. The molecule has 2 aromatic heterocycles. The molecule has 6 heteroatoms. The number of nitrogens with two attached hydrogens (primary N) is 1. The summed E-state index contributed by atoms with van der Waals surface area (Å²) in [6.07, 6.45) is 5.90. The van der Waals surface area contributed by atoms with Gasteiger partial charge in [-0.3, -0.25) is 9.36 Å². The van der Waals surface area contributed by atoms with Gasteiger partial charge in [0, 0.05) is 38.3 Å². The highest BCUT2D eigenvalue weighted by molar-refractivity contribution is 5.11. The Morgan fingerprint density at radius 1 is 1.40 bits per heavy atom. The predicted molar refractivity (Wildman–Crippen MR) is 54.8 cm³/mol. The van der Waals surface area contributed by atoms with Gasteiger partial charge in [-0.1, -0.05) is 0 Å². The van der Waals surface area contributed by atoms with Gasteiger partial charge in [-0.05, 0) is 0 Å². The fourth-order valence-electron chi connectivity index (χ4n) is 1.45. The predicted octanol–water partition coefficient (Wildman–Crippen LogP) is -0.209. The Morgan fingerprint density at radius 2 is 2.20 bits per heavy atom. The van der Waals surface area contributed by atoms with Gasteiger partial charge in [-0.25, -0.2) is 4.98 Å². The van der Waals surface area contributed by atoms with Crippen molar-refractivity contribution in [1.29, 1.82) is 0 Å². The summed E-state index contributed by atoms with van der Waals surface area (Å²) in [4.78, 5) is 4.13. The van der Waals surface area contributed by atoms with Crippen LogP contribution in [0.2, 0.25) is 0 Å². The van der Waals surface area contributed by atoms with Gasteiger partial charge in [0.15, 0.2) is 0 Å². The van der Waals surface area contributed by atoms with Gasteiger partial charge >= 0.3 is 0 Å². The zero-order chi connectivity index (χ0) is 10.8. The highest BCUT2D eigenvalue weighted by Crippen LogP contribution is 2.12. The summed E-state index contributed by atoms with van der Waals surface area (Å²) in [6.45, 7) is 0. The topological polar surface area (TPSA) is 74.6 Å². The van der Waals surface area contributed by atoms with E-state index in [9.17, 15) is 0 Å². The van der Waals surface area contributed by atoms with E-state index >= 15 is 0 Å². The van der Waals surface area contributed by atoms with Crippen LogP contribution < -0.4 is 5.73 Å². The lowest BCUT2D eigenvalue weighted by molar-refractivity contribution is 0.629. The van der Waals surface area contributed by atoms with E-state index in [1.807, 2.05) is 20.3 Å². The summed E-state index contributed by atoms with van der Waals surface area (Å²) in [5.74, 6) is 0.881. The molecule has 2 rings (SSSR count). The molecule has 0 saturated heterocycles. The average molecular weight is 206 g/mol. The van der Waals surface area contributed by atoms with Crippen LogP contribution in [0.1, 0.15) is 17.4 Å². The van der Waals surface area contributed by atoms with Crippen molar-refractivity contribution in [3.63, 3.8) is 0 Å². The van der Waals surface area contributed by atoms with Crippen molar-refractivity contribution in [3.8, 4) is 0 Å². The first kappa shape index (κ1) is 9.85. The molecule has 0 fully saturated rings. The van der Waals surface area contributed by atoms with Crippen molar-refractivity contribution in [2.75, 3.05) is 0 Å². The molecule has 1 unspecified atom stereocenters. The third-order valence-corrected chi connectivity index (χ3v) is 2.36. The third kappa shape index (κ3) is 2.04. The van der Waals surface area contributed by atoms with Gasteiger partial charge in [0.05, 0.1) is 6.20 Å². The number of hydrogen-bond donors (Lipinski definition) is 1. The lowest BCUT2D eigenvalue weighted by Gasteiger charge is -2.07. The van der Waals surface area contributed by atoms with Crippen molar-refractivity contribution in [3.05, 3.63) is 30.1 Å². The second-order valence-electron chi connectivity index (χ2n) is 3.56. The number of hydrogen-bond acceptors (Lipinski definition) is 4. The van der Waals surface area contributed by atoms with Gasteiger partial charge < -0.3 is 5.73 Å². The molecule has 0 spiro atoms. The normalized spacial score (nSPS) is 13.0. The van der Waals surface area contributed by atoms with E-state index in [0.717, 1.165) is 11.4 Å². The molecule has 2 heterocycles. The molecule has 6 nitrogen and oxygen atoms in total. The quantitative estimate of drug-likeness (QED) is 0.754. The summed E-state index contributed by atoms with van der Waals surface area (Å²) < 4.78 is 3.47. The van der Waals surface area contributed by atoms with E-state index in [2.05, 4.69) is 15.2 Å². The molecule has 0 aliphatic heterocycles. The van der Waals surface area contributed by atoms with Crippen LogP contribution in [0.4, 0.5) is 0 Å². The zero-order valence-corrected chi connectivity index (χ0v) is 8.83. The van der Waals surface area contributed by atoms with Crippen LogP contribution in [0.3, 0.4) is 0 Å². The molecule has 0 saturated carbocycles. The first-order chi connectivity index (χ1) is 7.16. The number of aryl methyl sites for hydroxylation is 2. The van der Waals surface area contributed by atoms with E-state index in [4.69, 9.17) is 5.73 Å². The van der Waals surface area contributed by atoms with Crippen molar-refractivity contribution in [2.24, 2.45) is 19.8 Å². The molecular weight excluding hydrogens is 192 g/mol. The Balaban J connectivity index is 2.10. The lowest BCUT2D eigenvalue weighted by Crippen LogP contribution is -2.15. The maximum absolute atomic E-state index is 6.03.